The normalized spacial score (nSPS) is 5.40. The van der Waals surface area contributed by atoms with Gasteiger partial charge in [-0.15, -0.1) is 0 Å². The van der Waals surface area contributed by atoms with Crippen molar-refractivity contribution in [3.05, 3.63) is 0 Å². The van der Waals surface area contributed by atoms with Gasteiger partial charge in [0.1, 0.15) is 0 Å². The van der Waals surface area contributed by atoms with Gasteiger partial charge >= 0.3 is 0 Å². The van der Waals surface area contributed by atoms with Crippen molar-refractivity contribution in [3.63, 3.8) is 0 Å². The average Bonchev–Trinajstić information content (AvgIpc) is 2.85. The summed E-state index contributed by atoms with van der Waals surface area (Å²) < 4.78 is 0. The number of hydrogen-bond acceptors (Lipinski definition) is 0. The van der Waals surface area contributed by atoms with Crippen LogP contribution in [0.4, 0.5) is 0 Å². The van der Waals surface area contributed by atoms with Crippen LogP contribution in [0.25, 0.3) is 0 Å². The van der Waals surface area contributed by atoms with E-state index in [1.807, 2.05) is 96.9 Å². The molecule has 0 heteroatoms. The summed E-state index contributed by atoms with van der Waals surface area (Å²) in [4.78, 5) is 0. The highest BCUT2D eigenvalue weighted by Gasteiger charge is 1.68. The fraction of sp³-hybridized carbons (Fsp3) is 1.00. The molecule has 0 amide bonds. The van der Waals surface area contributed by atoms with Crippen LogP contribution in [0.5, 0.6) is 0 Å². The highest BCUT2D eigenvalue weighted by Crippen LogP contribution is 1.88. The number of rotatable bonds is 4. The number of hydrogen-bond donors (Lipinski definition) is 0. The minimum atomic E-state index is 1.25. The maximum Gasteiger partial charge on any atom is -0.0538 e. The van der Waals surface area contributed by atoms with Crippen molar-refractivity contribution in [1.29, 1.82) is 0 Å². The summed E-state index contributed by atoms with van der Waals surface area (Å²) in [5, 5.41) is 0. The summed E-state index contributed by atoms with van der Waals surface area (Å²) >= 11 is 0. The van der Waals surface area contributed by atoms with Crippen LogP contribution in [-0.4, -0.2) is 0 Å². The third kappa shape index (κ3) is 1280. The Bertz CT molecular complexity index is 36.0. The molecule has 0 bridgehead atoms. The molecule has 0 aliphatic carbocycles. The van der Waals surface area contributed by atoms with Gasteiger partial charge in [-0.05, 0) is 0 Å². The summed E-state index contributed by atoms with van der Waals surface area (Å²) in [6.45, 7) is 45.3. The van der Waals surface area contributed by atoms with Crippen molar-refractivity contribution < 1.29 is 0 Å². The monoisotopic (exact) mass is 443 g/mol. The van der Waals surface area contributed by atoms with Gasteiger partial charge in [-0.3, -0.25) is 0 Å². The molecule has 0 fully saturated rings. The molecule has 202 valence electrons. The first-order valence-corrected chi connectivity index (χ1v) is 14.7. The van der Waals surface area contributed by atoms with Crippen molar-refractivity contribution in [3.8, 4) is 0 Å². The molecule has 0 aliphatic heterocycles. The minimum absolute atomic E-state index is 1.25. The van der Waals surface area contributed by atoms with Crippen LogP contribution >= 0.6 is 0 Å². The highest BCUT2D eigenvalue weighted by molar-refractivity contribution is 4.24. The molecule has 0 nitrogen and oxygen atoms in total. The topological polar surface area (TPSA) is 0 Å². The molecule has 0 saturated heterocycles. The van der Waals surface area contributed by atoms with E-state index in [2.05, 4.69) is 55.4 Å². The second-order valence-electron chi connectivity index (χ2n) is 4.12. The van der Waals surface area contributed by atoms with Crippen LogP contribution in [-0.2, 0) is 0 Å². The molecule has 0 aliphatic rings. The van der Waals surface area contributed by atoms with E-state index in [1.54, 1.807) is 0 Å². The summed E-state index contributed by atoms with van der Waals surface area (Å²) in [7, 11) is 0. The molecule has 0 N–H and O–H groups in total. The van der Waals surface area contributed by atoms with E-state index in [4.69, 9.17) is 0 Å². The van der Waals surface area contributed by atoms with E-state index in [1.165, 1.54) is 51.4 Å². The van der Waals surface area contributed by atoms with Gasteiger partial charge in [0.2, 0.25) is 0 Å². The largest absolute Gasteiger partial charge is 0.0683 e. The molecule has 0 aromatic carbocycles. The minimum Gasteiger partial charge on any atom is -0.0683 e. The molecule has 0 spiro atoms. The lowest BCUT2D eigenvalue weighted by Crippen LogP contribution is -1.59. The molecule has 0 saturated carbocycles. The van der Waals surface area contributed by atoms with Crippen molar-refractivity contribution >= 4 is 0 Å². The van der Waals surface area contributed by atoms with Gasteiger partial charge in [-0.2, -0.15) is 0 Å². The summed E-state index contributed by atoms with van der Waals surface area (Å²) in [5.74, 6) is 0. The highest BCUT2D eigenvalue weighted by atomic mass is 13.7. The van der Waals surface area contributed by atoms with E-state index < -0.39 is 0 Å². The van der Waals surface area contributed by atoms with Crippen molar-refractivity contribution in [2.24, 2.45) is 0 Å². The summed E-state index contributed by atoms with van der Waals surface area (Å²) in [6, 6.07) is 0. The average molecular weight is 443 g/mol. The maximum atomic E-state index is 2.21. The quantitative estimate of drug-likeness (QED) is 0.406. The Morgan fingerprint density at radius 3 is 0.300 bits per heavy atom. The van der Waals surface area contributed by atoms with Gasteiger partial charge in [0.05, 0.1) is 0 Å². The molecule has 0 aromatic rings. The second kappa shape index (κ2) is 355. The number of unbranched alkanes of at least 4 members (excludes halogenated alkanes) is 4. The van der Waals surface area contributed by atoms with Crippen LogP contribution < -0.4 is 0 Å². The van der Waals surface area contributed by atoms with Crippen LogP contribution in [0.2, 0.25) is 0 Å². The van der Waals surface area contributed by atoms with E-state index >= 15 is 0 Å². The zero-order chi connectivity index (χ0) is 27.7. The third-order valence-electron chi connectivity index (χ3n) is 1.41. The molecule has 0 rings (SSSR count). The predicted octanol–water partition coefficient (Wildman–Crippen LogP) is 14.4. The van der Waals surface area contributed by atoms with Crippen molar-refractivity contribution in [1.82, 2.24) is 0 Å². The van der Waals surface area contributed by atoms with Crippen LogP contribution in [0.15, 0.2) is 0 Å². The molecule has 0 atom stereocenters. The molecule has 0 radical (unpaired) electrons. The van der Waals surface area contributed by atoms with Crippen LogP contribution in [0, 0.1) is 0 Å². The van der Waals surface area contributed by atoms with Gasteiger partial charge in [0.15, 0.2) is 0 Å². The first-order valence-electron chi connectivity index (χ1n) is 14.7. The standard InChI is InChI=1S/2C5H12.2C3H8.7C2H6/c2*1-3-5-4-2;2*1-3-2;7*1-2/h2*3-5H2,1-2H3;2*3H2,1-2H3;7*1-2H3. The molecule has 0 aromatic heterocycles. The molecule has 0 unspecified atom stereocenters. The Balaban J connectivity index is -0.0000000152. The SMILES string of the molecule is CC.CC.CC.CC.CC.CC.CC.CCC.CCC.CCCCC.CCCCC. The second-order valence-corrected chi connectivity index (χ2v) is 4.12. The molecular weight excluding hydrogens is 360 g/mol. The fourth-order valence-corrected chi connectivity index (χ4v) is 0.707. The van der Waals surface area contributed by atoms with Gasteiger partial charge in [-0.25, -0.2) is 0 Å². The van der Waals surface area contributed by atoms with E-state index in [0.29, 0.717) is 0 Å². The first kappa shape index (κ1) is 69.9. The van der Waals surface area contributed by atoms with Gasteiger partial charge in [0.25, 0.3) is 0 Å². The fourth-order valence-electron chi connectivity index (χ4n) is 0.707. The zero-order valence-electron chi connectivity index (χ0n) is 27.7. The Hall–Kier alpha value is 0. The first-order chi connectivity index (χ1) is 14.7. The molecule has 30 heavy (non-hydrogen) atoms. The Morgan fingerprint density at radius 1 is 0.233 bits per heavy atom. The van der Waals surface area contributed by atoms with E-state index in [9.17, 15) is 0 Å². The Labute approximate surface area is 203 Å². The smallest absolute Gasteiger partial charge is 0.0538 e. The lowest BCUT2D eigenvalue weighted by atomic mass is 10.3. The molecular formula is C30H82. The lowest BCUT2D eigenvalue weighted by Gasteiger charge is -1.79. The van der Waals surface area contributed by atoms with Crippen LogP contribution in [0.3, 0.4) is 0 Å². The third-order valence-corrected chi connectivity index (χ3v) is 1.41. The Morgan fingerprint density at radius 2 is 0.300 bits per heavy atom. The predicted molar refractivity (Wildman–Crippen MR) is 162 cm³/mol. The van der Waals surface area contributed by atoms with Gasteiger partial charge in [0, 0.05) is 0 Å². The molecule has 0 heterocycles. The lowest BCUT2D eigenvalue weighted by molar-refractivity contribution is 0.772. The van der Waals surface area contributed by atoms with Crippen LogP contribution in [0.1, 0.15) is 204 Å². The van der Waals surface area contributed by atoms with Crippen molar-refractivity contribution in [2.45, 2.75) is 204 Å². The van der Waals surface area contributed by atoms with E-state index in [-0.39, 0.29) is 0 Å². The Kier molecular flexibility index (Phi) is 828. The maximum absolute atomic E-state index is 2.21. The zero-order valence-corrected chi connectivity index (χ0v) is 27.7. The van der Waals surface area contributed by atoms with E-state index in [0.717, 1.165) is 0 Å². The van der Waals surface area contributed by atoms with Gasteiger partial charge in [-0.1, -0.05) is 204 Å². The summed E-state index contributed by atoms with van der Waals surface area (Å²) in [6.07, 6.45) is 10.7. The van der Waals surface area contributed by atoms with Gasteiger partial charge < -0.3 is 0 Å². The van der Waals surface area contributed by atoms with Crippen molar-refractivity contribution in [2.75, 3.05) is 0 Å². The summed E-state index contributed by atoms with van der Waals surface area (Å²) in [5.41, 5.74) is 0.